The molecule has 0 amide bonds. The van der Waals surface area contributed by atoms with E-state index in [1.165, 1.54) is 31.3 Å². The summed E-state index contributed by atoms with van der Waals surface area (Å²) in [6.07, 6.45) is 6.40. The van der Waals surface area contributed by atoms with Crippen LogP contribution in [0, 0.1) is 11.8 Å². The van der Waals surface area contributed by atoms with Crippen LogP contribution in [0.2, 0.25) is 0 Å². The van der Waals surface area contributed by atoms with Gasteiger partial charge < -0.3 is 0 Å². The van der Waals surface area contributed by atoms with Crippen LogP contribution < -0.4 is 0 Å². The van der Waals surface area contributed by atoms with Crippen LogP contribution in [0.1, 0.15) is 46.0 Å². The van der Waals surface area contributed by atoms with Gasteiger partial charge >= 0.3 is 0 Å². The molecule has 2 unspecified atom stereocenters. The molecule has 2 atom stereocenters. The molecule has 0 heterocycles. The third-order valence-electron chi connectivity index (χ3n) is 3.68. The third-order valence-corrected chi connectivity index (χ3v) is 3.68. The predicted octanol–water partition coefficient (Wildman–Crippen LogP) is 4.89. The zero-order valence-corrected chi connectivity index (χ0v) is 10.3. The predicted molar refractivity (Wildman–Crippen MR) is 68.8 cm³/mol. The van der Waals surface area contributed by atoms with Gasteiger partial charge in [0, 0.05) is 0 Å². The average Bonchev–Trinajstić information content (AvgIpc) is 2.18. The van der Waals surface area contributed by atoms with Gasteiger partial charge in [-0.05, 0) is 37.2 Å². The van der Waals surface area contributed by atoms with Crippen LogP contribution in [0.25, 0.3) is 0 Å². The summed E-state index contributed by atoms with van der Waals surface area (Å²) in [6, 6.07) is 0. The van der Waals surface area contributed by atoms with E-state index in [4.69, 9.17) is 0 Å². The topological polar surface area (TPSA) is 0 Å². The molecule has 0 aromatic heterocycles. The molecule has 0 bridgehead atoms. The number of rotatable bonds is 4. The van der Waals surface area contributed by atoms with Crippen LogP contribution in [-0.2, 0) is 0 Å². The van der Waals surface area contributed by atoms with Gasteiger partial charge in [0.15, 0.2) is 0 Å². The van der Waals surface area contributed by atoms with Crippen molar-refractivity contribution in [1.29, 1.82) is 0 Å². The Morgan fingerprint density at radius 2 is 1.73 bits per heavy atom. The molecular formula is C15H24. The van der Waals surface area contributed by atoms with E-state index in [1.807, 2.05) is 6.92 Å². The number of hydrogen-bond donors (Lipinski definition) is 0. The molecule has 0 nitrogen and oxygen atoms in total. The minimum atomic E-state index is 0.717. The summed E-state index contributed by atoms with van der Waals surface area (Å²) in [6.45, 7) is 16.6. The highest BCUT2D eigenvalue weighted by Gasteiger charge is 2.23. The lowest BCUT2D eigenvalue weighted by Crippen LogP contribution is -2.18. The first-order chi connectivity index (χ1) is 7.02. The Balaban J connectivity index is 2.52. The maximum absolute atomic E-state index is 4.25. The van der Waals surface area contributed by atoms with Crippen molar-refractivity contribution < 1.29 is 0 Å². The zero-order chi connectivity index (χ0) is 11.4. The Kier molecular flexibility index (Phi) is 4.38. The van der Waals surface area contributed by atoms with Gasteiger partial charge in [-0.2, -0.15) is 0 Å². The van der Waals surface area contributed by atoms with Gasteiger partial charge in [-0.25, -0.2) is 0 Å². The molecule has 1 aliphatic rings. The quantitative estimate of drug-likeness (QED) is 0.452. The van der Waals surface area contributed by atoms with Crippen molar-refractivity contribution in [2.45, 2.75) is 46.0 Å². The fraction of sp³-hybridized carbons (Fsp3) is 0.600. The largest absolute Gasteiger partial charge is 0.0992 e. The first kappa shape index (κ1) is 12.3. The van der Waals surface area contributed by atoms with Gasteiger partial charge in [-0.3, -0.25) is 0 Å². The maximum atomic E-state index is 4.25. The fourth-order valence-corrected chi connectivity index (χ4v) is 2.48. The highest BCUT2D eigenvalue weighted by atomic mass is 14.3. The van der Waals surface area contributed by atoms with Crippen LogP contribution in [0.15, 0.2) is 36.5 Å². The van der Waals surface area contributed by atoms with E-state index in [-0.39, 0.29) is 0 Å². The van der Waals surface area contributed by atoms with E-state index in [2.05, 4.69) is 26.7 Å². The highest BCUT2D eigenvalue weighted by molar-refractivity contribution is 5.28. The minimum Gasteiger partial charge on any atom is -0.0992 e. The molecule has 0 heteroatoms. The van der Waals surface area contributed by atoms with Crippen LogP contribution in [0.3, 0.4) is 0 Å². The summed E-state index contributed by atoms with van der Waals surface area (Å²) >= 11 is 0. The first-order valence-corrected chi connectivity index (χ1v) is 6.03. The molecule has 84 valence electrons. The van der Waals surface area contributed by atoms with Crippen LogP contribution >= 0.6 is 0 Å². The third kappa shape index (κ3) is 3.37. The number of hydrogen-bond acceptors (Lipinski definition) is 0. The second kappa shape index (κ2) is 5.34. The summed E-state index contributed by atoms with van der Waals surface area (Å²) in [4.78, 5) is 0. The van der Waals surface area contributed by atoms with Crippen LogP contribution in [0.5, 0.6) is 0 Å². The van der Waals surface area contributed by atoms with Gasteiger partial charge in [0.25, 0.3) is 0 Å². The smallest absolute Gasteiger partial charge is 0.00704 e. The molecule has 0 aromatic rings. The molecule has 1 saturated carbocycles. The van der Waals surface area contributed by atoms with E-state index in [0.717, 1.165) is 29.4 Å². The van der Waals surface area contributed by atoms with E-state index < -0.39 is 0 Å². The van der Waals surface area contributed by atoms with Crippen LogP contribution in [-0.4, -0.2) is 0 Å². The second-order valence-corrected chi connectivity index (χ2v) is 5.09. The van der Waals surface area contributed by atoms with Gasteiger partial charge in [0.1, 0.15) is 0 Å². The van der Waals surface area contributed by atoms with E-state index in [0.29, 0.717) is 0 Å². The molecule has 1 fully saturated rings. The lowest BCUT2D eigenvalue weighted by atomic mass is 9.75. The lowest BCUT2D eigenvalue weighted by molar-refractivity contribution is 0.291. The van der Waals surface area contributed by atoms with E-state index >= 15 is 0 Å². The monoisotopic (exact) mass is 204 g/mol. The van der Waals surface area contributed by atoms with Crippen molar-refractivity contribution in [3.63, 3.8) is 0 Å². The minimum absolute atomic E-state index is 0.717. The summed E-state index contributed by atoms with van der Waals surface area (Å²) < 4.78 is 0. The molecule has 0 spiro atoms. The lowest BCUT2D eigenvalue weighted by Gasteiger charge is -2.30. The average molecular weight is 204 g/mol. The van der Waals surface area contributed by atoms with Gasteiger partial charge in [0.2, 0.25) is 0 Å². The van der Waals surface area contributed by atoms with E-state index in [1.54, 1.807) is 0 Å². The molecule has 0 saturated heterocycles. The molecule has 15 heavy (non-hydrogen) atoms. The van der Waals surface area contributed by atoms with Crippen molar-refractivity contribution in [1.82, 2.24) is 0 Å². The summed E-state index contributed by atoms with van der Waals surface area (Å²) in [7, 11) is 0. The Hall–Kier alpha value is -0.780. The standard InChI is InChI=1S/C15H24/c1-11(2)13(4)10-14(5)15-9-7-6-8-12(15)3/h12,15H,1,4-10H2,2-3H3. The molecule has 0 N–H and O–H groups in total. The molecule has 0 aromatic carbocycles. The van der Waals surface area contributed by atoms with Gasteiger partial charge in [-0.15, -0.1) is 0 Å². The van der Waals surface area contributed by atoms with Gasteiger partial charge in [-0.1, -0.05) is 57.1 Å². The second-order valence-electron chi connectivity index (χ2n) is 5.09. The zero-order valence-electron chi connectivity index (χ0n) is 10.3. The fourth-order valence-electron chi connectivity index (χ4n) is 2.48. The van der Waals surface area contributed by atoms with Crippen molar-refractivity contribution >= 4 is 0 Å². The van der Waals surface area contributed by atoms with E-state index in [9.17, 15) is 0 Å². The van der Waals surface area contributed by atoms with Gasteiger partial charge in [0.05, 0.1) is 0 Å². The van der Waals surface area contributed by atoms with Crippen molar-refractivity contribution in [3.8, 4) is 0 Å². The maximum Gasteiger partial charge on any atom is -0.00704 e. The highest BCUT2D eigenvalue weighted by Crippen LogP contribution is 2.36. The Labute approximate surface area is 94.8 Å². The van der Waals surface area contributed by atoms with Crippen molar-refractivity contribution in [2.75, 3.05) is 0 Å². The summed E-state index contributed by atoms with van der Waals surface area (Å²) in [5, 5.41) is 0. The van der Waals surface area contributed by atoms with Crippen molar-refractivity contribution in [3.05, 3.63) is 36.5 Å². The Bertz CT molecular complexity index is 270. The molecule has 1 aliphatic carbocycles. The molecule has 1 rings (SSSR count). The molecule has 0 radical (unpaired) electrons. The Morgan fingerprint density at radius 1 is 1.13 bits per heavy atom. The molecular weight excluding hydrogens is 180 g/mol. The molecule has 0 aliphatic heterocycles. The van der Waals surface area contributed by atoms with Crippen molar-refractivity contribution in [2.24, 2.45) is 11.8 Å². The number of allylic oxidation sites excluding steroid dienone is 3. The Morgan fingerprint density at radius 3 is 2.27 bits per heavy atom. The van der Waals surface area contributed by atoms with Crippen LogP contribution in [0.4, 0.5) is 0 Å². The first-order valence-electron chi connectivity index (χ1n) is 6.03. The summed E-state index contributed by atoms with van der Waals surface area (Å²) in [5.41, 5.74) is 3.62. The normalized spacial score (nSPS) is 26.0. The summed E-state index contributed by atoms with van der Waals surface area (Å²) in [5.74, 6) is 1.53. The SMILES string of the molecule is C=C(C)C(=C)CC(=C)C1CCCCC1C.